The lowest BCUT2D eigenvalue weighted by Gasteiger charge is -2.44. The first kappa shape index (κ1) is 22.1. The summed E-state index contributed by atoms with van der Waals surface area (Å²) < 4.78 is 32.1. The first-order chi connectivity index (χ1) is 16.8. The number of rotatable bonds is 5. The van der Waals surface area contributed by atoms with Crippen LogP contribution in [-0.2, 0) is 0 Å². The van der Waals surface area contributed by atoms with Gasteiger partial charge in [0.1, 0.15) is 11.4 Å². The molecule has 2 atom stereocenters. The number of H-pyrrole nitrogens is 1. The molecule has 1 saturated heterocycles. The number of halogens is 2. The molecule has 4 aromatic heterocycles. The number of hydrogen-bond donors (Lipinski definition) is 2. The van der Waals surface area contributed by atoms with Crippen molar-refractivity contribution in [2.24, 2.45) is 0 Å². The van der Waals surface area contributed by atoms with Gasteiger partial charge in [0.2, 0.25) is 5.95 Å². The largest absolute Gasteiger partial charge is 0.361 e. The molecule has 0 spiro atoms. The summed E-state index contributed by atoms with van der Waals surface area (Å²) in [4.78, 5) is 19.3. The zero-order valence-electron chi connectivity index (χ0n) is 19.9. The van der Waals surface area contributed by atoms with Crippen LogP contribution in [0.4, 0.5) is 14.7 Å². The van der Waals surface area contributed by atoms with Crippen LogP contribution in [0.25, 0.3) is 33.5 Å². The van der Waals surface area contributed by atoms with Gasteiger partial charge in [-0.15, -0.1) is 0 Å². The molecule has 1 aliphatic heterocycles. The molecular weight excluding hydrogens is 452 g/mol. The molecule has 2 aliphatic rings. The van der Waals surface area contributed by atoms with Gasteiger partial charge in [0, 0.05) is 35.4 Å². The van der Waals surface area contributed by atoms with Gasteiger partial charge in [-0.2, -0.15) is 0 Å². The zero-order chi connectivity index (χ0) is 24.3. The van der Waals surface area contributed by atoms with Gasteiger partial charge in [0.05, 0.1) is 35.7 Å². The monoisotopic (exact) mass is 479 g/mol. The number of aromatic nitrogens is 5. The molecule has 1 saturated carbocycles. The minimum Gasteiger partial charge on any atom is -0.361 e. The Morgan fingerprint density at radius 2 is 1.97 bits per heavy atom. The van der Waals surface area contributed by atoms with E-state index in [1.807, 2.05) is 44.0 Å². The normalized spacial score (nSPS) is 22.0. The molecule has 1 aliphatic carbocycles. The molecule has 10 heteroatoms. The topological polar surface area (TPSA) is 95.8 Å². The Morgan fingerprint density at radius 3 is 2.71 bits per heavy atom. The summed E-state index contributed by atoms with van der Waals surface area (Å²) in [5.41, 5.74) is 5.94. The van der Waals surface area contributed by atoms with E-state index in [4.69, 9.17) is 14.5 Å². The molecule has 0 unspecified atom stereocenters. The number of anilines is 1. The van der Waals surface area contributed by atoms with E-state index in [9.17, 15) is 8.78 Å². The van der Waals surface area contributed by atoms with Gasteiger partial charge in [-0.25, -0.2) is 23.7 Å². The number of aromatic amines is 1. The Bertz CT molecular complexity index is 1380. The molecule has 8 nitrogen and oxygen atoms in total. The van der Waals surface area contributed by atoms with E-state index in [2.05, 4.69) is 20.4 Å². The Labute approximate surface area is 201 Å². The fraction of sp³-hybridized carbons (Fsp3) is 0.440. The number of pyridine rings is 1. The molecule has 182 valence electrons. The van der Waals surface area contributed by atoms with Crippen molar-refractivity contribution >= 4 is 17.0 Å². The molecule has 0 radical (unpaired) electrons. The average Bonchev–Trinajstić information content (AvgIpc) is 3.52. The number of hydrogen-bond acceptors (Lipinski definition) is 7. The second kappa shape index (κ2) is 8.08. The van der Waals surface area contributed by atoms with Gasteiger partial charge >= 0.3 is 0 Å². The van der Waals surface area contributed by atoms with Crippen LogP contribution >= 0.6 is 0 Å². The fourth-order valence-electron chi connectivity index (χ4n) is 5.47. The number of nitrogens with zero attached hydrogens (tertiary/aromatic N) is 5. The number of likely N-dealkylation sites (tertiary alicyclic amines) is 1. The standard InChI is InChI=1S/C25H27F2N7O/c1-13-9-29-24(31-18-5-4-6-20(18)34-11-25(26,27)12-34)32-22(13)17-10-28-23-16(17)7-8-19(30-23)21-14(2)33-35-15(21)3/h7-10,18,20H,4-6,11-12H2,1-3H3,(H,28,30)(H,29,31,32)/t18-,20+/m0/s1. The molecular formula is C25H27F2N7O. The van der Waals surface area contributed by atoms with E-state index < -0.39 is 5.92 Å². The Morgan fingerprint density at radius 1 is 1.14 bits per heavy atom. The van der Waals surface area contributed by atoms with Gasteiger partial charge < -0.3 is 14.8 Å². The quantitative estimate of drug-likeness (QED) is 0.421. The maximum atomic E-state index is 13.4. The van der Waals surface area contributed by atoms with Crippen molar-refractivity contribution in [2.75, 3.05) is 18.4 Å². The zero-order valence-corrected chi connectivity index (χ0v) is 19.9. The third-order valence-electron chi connectivity index (χ3n) is 7.19. The predicted molar refractivity (Wildman–Crippen MR) is 128 cm³/mol. The van der Waals surface area contributed by atoms with Crippen molar-refractivity contribution < 1.29 is 13.3 Å². The Kier molecular flexibility index (Phi) is 5.10. The summed E-state index contributed by atoms with van der Waals surface area (Å²) in [6, 6.07) is 4.14. The third kappa shape index (κ3) is 3.85. The van der Waals surface area contributed by atoms with Gasteiger partial charge in [-0.3, -0.25) is 4.90 Å². The van der Waals surface area contributed by atoms with E-state index in [0.717, 1.165) is 69.8 Å². The van der Waals surface area contributed by atoms with Crippen LogP contribution in [0.15, 0.2) is 29.0 Å². The summed E-state index contributed by atoms with van der Waals surface area (Å²) in [5.74, 6) is -1.31. The molecule has 0 amide bonds. The molecule has 2 fully saturated rings. The highest BCUT2D eigenvalue weighted by molar-refractivity contribution is 5.94. The second-order valence-corrected chi connectivity index (χ2v) is 9.73. The summed E-state index contributed by atoms with van der Waals surface area (Å²) in [5, 5.41) is 8.42. The average molecular weight is 480 g/mol. The highest BCUT2D eigenvalue weighted by atomic mass is 19.3. The molecule has 4 aromatic rings. The Balaban J connectivity index is 1.28. The number of aryl methyl sites for hydroxylation is 3. The second-order valence-electron chi connectivity index (χ2n) is 9.73. The van der Waals surface area contributed by atoms with E-state index in [0.29, 0.717) is 5.95 Å². The summed E-state index contributed by atoms with van der Waals surface area (Å²) in [6.07, 6.45) is 6.55. The summed E-state index contributed by atoms with van der Waals surface area (Å²) >= 11 is 0. The molecule has 6 rings (SSSR count). The van der Waals surface area contributed by atoms with Crippen LogP contribution in [0, 0.1) is 20.8 Å². The summed E-state index contributed by atoms with van der Waals surface area (Å²) in [6.45, 7) is 5.44. The first-order valence-corrected chi connectivity index (χ1v) is 11.9. The van der Waals surface area contributed by atoms with Crippen molar-refractivity contribution in [1.82, 2.24) is 30.0 Å². The van der Waals surface area contributed by atoms with Crippen LogP contribution in [0.1, 0.15) is 36.3 Å². The van der Waals surface area contributed by atoms with E-state index in [1.165, 1.54) is 0 Å². The van der Waals surface area contributed by atoms with Gasteiger partial charge in [0.15, 0.2) is 0 Å². The van der Waals surface area contributed by atoms with Crippen LogP contribution in [0.3, 0.4) is 0 Å². The highest BCUT2D eigenvalue weighted by Crippen LogP contribution is 2.36. The van der Waals surface area contributed by atoms with Crippen molar-refractivity contribution in [1.29, 1.82) is 0 Å². The number of nitrogens with one attached hydrogen (secondary N) is 2. The molecule has 0 aromatic carbocycles. The number of alkyl halides is 2. The SMILES string of the molecule is Cc1cnc(N[C@H]2CCC[C@H]2N2CC(F)(F)C2)nc1-c1c[nH]c2nc(-c3c(C)noc3C)ccc12. The van der Waals surface area contributed by atoms with Crippen LogP contribution in [0.2, 0.25) is 0 Å². The van der Waals surface area contributed by atoms with Crippen molar-refractivity contribution in [2.45, 2.75) is 58.0 Å². The first-order valence-electron chi connectivity index (χ1n) is 11.9. The number of fused-ring (bicyclic) bond motifs is 1. The maximum Gasteiger partial charge on any atom is 0.272 e. The smallest absolute Gasteiger partial charge is 0.272 e. The predicted octanol–water partition coefficient (Wildman–Crippen LogP) is 4.88. The third-order valence-corrected chi connectivity index (χ3v) is 7.19. The van der Waals surface area contributed by atoms with Crippen LogP contribution < -0.4 is 5.32 Å². The van der Waals surface area contributed by atoms with Crippen LogP contribution in [-0.4, -0.2) is 61.1 Å². The van der Waals surface area contributed by atoms with Gasteiger partial charge in [-0.05, 0) is 57.7 Å². The van der Waals surface area contributed by atoms with E-state index in [-0.39, 0.29) is 25.2 Å². The van der Waals surface area contributed by atoms with Crippen molar-refractivity contribution in [3.8, 4) is 22.5 Å². The minimum atomic E-state index is -2.56. The van der Waals surface area contributed by atoms with E-state index in [1.54, 1.807) is 6.20 Å². The van der Waals surface area contributed by atoms with Crippen LogP contribution in [0.5, 0.6) is 0 Å². The Hall–Kier alpha value is -3.40. The molecule has 5 heterocycles. The van der Waals surface area contributed by atoms with Gasteiger partial charge in [-0.1, -0.05) is 5.16 Å². The summed E-state index contributed by atoms with van der Waals surface area (Å²) in [7, 11) is 0. The van der Waals surface area contributed by atoms with E-state index >= 15 is 0 Å². The minimum absolute atomic E-state index is 0.0592. The maximum absolute atomic E-state index is 13.4. The fourth-order valence-corrected chi connectivity index (χ4v) is 5.47. The lowest BCUT2D eigenvalue weighted by molar-refractivity contribution is -0.145. The molecule has 2 N–H and O–H groups in total. The molecule has 35 heavy (non-hydrogen) atoms. The highest BCUT2D eigenvalue weighted by Gasteiger charge is 2.49. The molecule has 0 bridgehead atoms. The van der Waals surface area contributed by atoms with Crippen molar-refractivity contribution in [3.05, 3.63) is 41.5 Å². The van der Waals surface area contributed by atoms with Crippen molar-refractivity contribution in [3.63, 3.8) is 0 Å². The lowest BCUT2D eigenvalue weighted by Crippen LogP contribution is -2.62. The van der Waals surface area contributed by atoms with Gasteiger partial charge in [0.25, 0.3) is 5.92 Å². The lowest BCUT2D eigenvalue weighted by atomic mass is 10.0.